The van der Waals surface area contributed by atoms with Crippen LogP contribution in [0.15, 0.2) is 42.5 Å². The van der Waals surface area contributed by atoms with E-state index in [4.69, 9.17) is 4.74 Å². The molecular formula is C24H24FN3O5. The lowest BCUT2D eigenvalue weighted by atomic mass is 10.1. The van der Waals surface area contributed by atoms with Crippen molar-refractivity contribution in [3.05, 3.63) is 69.5 Å². The van der Waals surface area contributed by atoms with Crippen molar-refractivity contribution in [3.63, 3.8) is 0 Å². The van der Waals surface area contributed by atoms with Crippen LogP contribution in [0, 0.1) is 27.8 Å². The molecule has 1 atom stereocenters. The number of halogens is 1. The molecule has 0 unspecified atom stereocenters. The van der Waals surface area contributed by atoms with Crippen LogP contribution < -0.4 is 5.32 Å². The van der Waals surface area contributed by atoms with Gasteiger partial charge in [0.2, 0.25) is 5.91 Å². The molecule has 0 aromatic heterocycles. The topological polar surface area (TPSA) is 102 Å². The summed E-state index contributed by atoms with van der Waals surface area (Å²) in [5.41, 5.74) is 0.278. The van der Waals surface area contributed by atoms with Gasteiger partial charge in [-0.15, -0.1) is 0 Å². The van der Waals surface area contributed by atoms with Gasteiger partial charge in [-0.05, 0) is 63.9 Å². The number of non-ortho nitro benzene ring substituents is 1. The highest BCUT2D eigenvalue weighted by Crippen LogP contribution is 2.22. The van der Waals surface area contributed by atoms with E-state index in [0.717, 1.165) is 12.1 Å². The molecule has 0 spiro atoms. The summed E-state index contributed by atoms with van der Waals surface area (Å²) in [6.45, 7) is 5.78. The van der Waals surface area contributed by atoms with Gasteiger partial charge in [-0.2, -0.15) is 0 Å². The van der Waals surface area contributed by atoms with E-state index < -0.39 is 28.5 Å². The van der Waals surface area contributed by atoms with Gasteiger partial charge in [-0.1, -0.05) is 11.8 Å². The Hall–Kier alpha value is -3.93. The van der Waals surface area contributed by atoms with Crippen molar-refractivity contribution in [2.75, 3.05) is 11.9 Å². The molecule has 0 saturated carbocycles. The number of nitro benzene ring substituents is 1. The smallest absolute Gasteiger partial charge is 0.410 e. The number of rotatable bonds is 3. The second-order valence-corrected chi connectivity index (χ2v) is 8.60. The molecule has 8 nitrogen and oxygen atoms in total. The predicted molar refractivity (Wildman–Crippen MR) is 120 cm³/mol. The van der Waals surface area contributed by atoms with E-state index in [1.54, 1.807) is 45.0 Å². The lowest BCUT2D eigenvalue weighted by Crippen LogP contribution is -2.45. The number of nitro groups is 1. The highest BCUT2D eigenvalue weighted by molar-refractivity contribution is 5.96. The van der Waals surface area contributed by atoms with Crippen molar-refractivity contribution >= 4 is 23.4 Å². The van der Waals surface area contributed by atoms with Gasteiger partial charge in [-0.25, -0.2) is 9.18 Å². The summed E-state index contributed by atoms with van der Waals surface area (Å²) < 4.78 is 18.9. The fourth-order valence-corrected chi connectivity index (χ4v) is 3.34. The molecule has 33 heavy (non-hydrogen) atoms. The highest BCUT2D eigenvalue weighted by Gasteiger charge is 2.36. The minimum absolute atomic E-state index is 0.183. The maximum Gasteiger partial charge on any atom is 0.410 e. The van der Waals surface area contributed by atoms with Crippen LogP contribution in [0.25, 0.3) is 0 Å². The van der Waals surface area contributed by atoms with E-state index in [-0.39, 0.29) is 17.2 Å². The van der Waals surface area contributed by atoms with Crippen molar-refractivity contribution < 1.29 is 23.6 Å². The monoisotopic (exact) mass is 453 g/mol. The number of carbonyl (C=O) groups excluding carboxylic acids is 2. The van der Waals surface area contributed by atoms with E-state index >= 15 is 0 Å². The Morgan fingerprint density at radius 1 is 1.15 bits per heavy atom. The number of ether oxygens (including phenoxy) is 1. The molecule has 0 radical (unpaired) electrons. The zero-order chi connectivity index (χ0) is 24.2. The maximum absolute atomic E-state index is 13.5. The third-order valence-corrected chi connectivity index (χ3v) is 4.78. The molecule has 3 rings (SSSR count). The van der Waals surface area contributed by atoms with Gasteiger partial charge < -0.3 is 10.1 Å². The second kappa shape index (κ2) is 9.69. The zero-order valence-electron chi connectivity index (χ0n) is 18.6. The Balaban J connectivity index is 1.66. The summed E-state index contributed by atoms with van der Waals surface area (Å²) in [7, 11) is 0. The minimum atomic E-state index is -0.737. The molecule has 9 heteroatoms. The standard InChI is InChI=1S/C24H24FN3O5/c1-24(2,3)33-23(30)27-12-4-5-21(27)22(29)26-19-10-8-16(9-11-19)6-7-17-13-18(25)15-20(14-17)28(31)32/h8-11,13-15,21H,4-5,12H2,1-3H3,(H,26,29)/t21-/m1/s1. The van der Waals surface area contributed by atoms with E-state index in [1.807, 2.05) is 0 Å². The Morgan fingerprint density at radius 3 is 2.45 bits per heavy atom. The summed E-state index contributed by atoms with van der Waals surface area (Å²) in [5, 5.41) is 13.6. The number of benzene rings is 2. The summed E-state index contributed by atoms with van der Waals surface area (Å²) in [6.07, 6.45) is 0.752. The molecule has 1 N–H and O–H groups in total. The summed E-state index contributed by atoms with van der Waals surface area (Å²) >= 11 is 0. The fraction of sp³-hybridized carbons (Fsp3) is 0.333. The van der Waals surface area contributed by atoms with E-state index in [0.29, 0.717) is 30.6 Å². The molecule has 2 amide bonds. The third kappa shape index (κ3) is 6.53. The molecule has 0 aliphatic carbocycles. The van der Waals surface area contributed by atoms with Crippen LogP contribution in [0.5, 0.6) is 0 Å². The van der Waals surface area contributed by atoms with Gasteiger partial charge >= 0.3 is 6.09 Å². The molecule has 172 valence electrons. The number of nitrogens with zero attached hydrogens (tertiary/aromatic N) is 2. The maximum atomic E-state index is 13.5. The van der Waals surface area contributed by atoms with Gasteiger partial charge in [0.15, 0.2) is 0 Å². The van der Waals surface area contributed by atoms with Crippen molar-refractivity contribution in [2.24, 2.45) is 0 Å². The molecule has 1 heterocycles. The van der Waals surface area contributed by atoms with Crippen LogP contribution in [0.2, 0.25) is 0 Å². The largest absolute Gasteiger partial charge is 0.444 e. The first-order valence-corrected chi connectivity index (χ1v) is 10.4. The minimum Gasteiger partial charge on any atom is -0.444 e. The van der Waals surface area contributed by atoms with Gasteiger partial charge in [-0.3, -0.25) is 19.8 Å². The van der Waals surface area contributed by atoms with Crippen molar-refractivity contribution in [1.82, 2.24) is 4.90 Å². The first-order chi connectivity index (χ1) is 15.5. The Morgan fingerprint density at radius 2 is 1.82 bits per heavy atom. The summed E-state index contributed by atoms with van der Waals surface area (Å²) in [6, 6.07) is 9.17. The molecule has 1 aliphatic rings. The molecule has 1 aliphatic heterocycles. The highest BCUT2D eigenvalue weighted by atomic mass is 19.1. The number of amides is 2. The van der Waals surface area contributed by atoms with Crippen LogP contribution in [0.1, 0.15) is 44.7 Å². The number of carbonyl (C=O) groups is 2. The zero-order valence-corrected chi connectivity index (χ0v) is 18.6. The van der Waals surface area contributed by atoms with Gasteiger partial charge in [0, 0.05) is 29.4 Å². The molecular weight excluding hydrogens is 429 g/mol. The number of hydrogen-bond donors (Lipinski definition) is 1. The van der Waals surface area contributed by atoms with E-state index in [1.165, 1.54) is 11.0 Å². The van der Waals surface area contributed by atoms with Crippen molar-refractivity contribution in [3.8, 4) is 11.8 Å². The number of likely N-dealkylation sites (tertiary alicyclic amines) is 1. The summed E-state index contributed by atoms with van der Waals surface area (Å²) in [4.78, 5) is 36.7. The first kappa shape index (κ1) is 23.7. The van der Waals surface area contributed by atoms with Crippen molar-refractivity contribution in [2.45, 2.75) is 45.3 Å². The van der Waals surface area contributed by atoms with Crippen LogP contribution in [-0.4, -0.2) is 40.0 Å². The first-order valence-electron chi connectivity index (χ1n) is 10.4. The Bertz CT molecular complexity index is 1130. The van der Waals surface area contributed by atoms with Crippen molar-refractivity contribution in [1.29, 1.82) is 0 Å². The lowest BCUT2D eigenvalue weighted by molar-refractivity contribution is -0.385. The van der Waals surface area contributed by atoms with Crippen LogP contribution >= 0.6 is 0 Å². The van der Waals surface area contributed by atoms with Gasteiger partial charge in [0.1, 0.15) is 17.5 Å². The summed E-state index contributed by atoms with van der Waals surface area (Å²) in [5.74, 6) is 4.47. The fourth-order valence-electron chi connectivity index (χ4n) is 3.34. The molecule has 2 aromatic carbocycles. The Labute approximate surface area is 190 Å². The van der Waals surface area contributed by atoms with Gasteiger partial charge in [0.05, 0.1) is 11.0 Å². The quantitative estimate of drug-likeness (QED) is 0.420. The second-order valence-electron chi connectivity index (χ2n) is 8.60. The predicted octanol–water partition coefficient (Wildman–Crippen LogP) is 4.47. The van der Waals surface area contributed by atoms with E-state index in [9.17, 15) is 24.1 Å². The van der Waals surface area contributed by atoms with Crippen LogP contribution in [0.4, 0.5) is 20.6 Å². The SMILES string of the molecule is CC(C)(C)OC(=O)N1CCC[C@@H]1C(=O)Nc1ccc(C#Cc2cc(F)cc([N+](=O)[O-])c2)cc1. The normalized spacial score (nSPS) is 15.4. The number of nitrogens with one attached hydrogen (secondary N) is 1. The average molecular weight is 453 g/mol. The lowest BCUT2D eigenvalue weighted by Gasteiger charge is -2.28. The number of hydrogen-bond acceptors (Lipinski definition) is 5. The average Bonchev–Trinajstić information content (AvgIpc) is 3.22. The van der Waals surface area contributed by atoms with Crippen LogP contribution in [0.3, 0.4) is 0 Å². The van der Waals surface area contributed by atoms with Crippen LogP contribution in [-0.2, 0) is 9.53 Å². The third-order valence-electron chi connectivity index (χ3n) is 4.78. The van der Waals surface area contributed by atoms with Gasteiger partial charge in [0.25, 0.3) is 5.69 Å². The Kier molecular flexibility index (Phi) is 6.97. The van der Waals surface area contributed by atoms with E-state index in [2.05, 4.69) is 17.2 Å². The molecule has 2 aromatic rings. The molecule has 1 fully saturated rings. The molecule has 0 bridgehead atoms. The molecule has 1 saturated heterocycles. The number of anilines is 1.